The van der Waals surface area contributed by atoms with Gasteiger partial charge in [-0.15, -0.1) is 11.3 Å². The number of methoxy groups -OCH3 is 1. The molecule has 2 aromatic heterocycles. The van der Waals surface area contributed by atoms with Crippen molar-refractivity contribution in [1.29, 1.82) is 0 Å². The summed E-state index contributed by atoms with van der Waals surface area (Å²) >= 11 is 1.46. The number of hydrogen-bond donors (Lipinski definition) is 1. The van der Waals surface area contributed by atoms with E-state index in [1.807, 2.05) is 31.2 Å². The van der Waals surface area contributed by atoms with Crippen molar-refractivity contribution in [3.05, 3.63) is 45.8 Å². The molecule has 2 heterocycles. The Balaban J connectivity index is 2.34. The summed E-state index contributed by atoms with van der Waals surface area (Å²) in [5, 5.41) is 9.70. The minimum absolute atomic E-state index is 0.339. The van der Waals surface area contributed by atoms with Gasteiger partial charge in [0.2, 0.25) is 0 Å². The van der Waals surface area contributed by atoms with Crippen LogP contribution in [0.2, 0.25) is 0 Å². The van der Waals surface area contributed by atoms with Crippen LogP contribution in [0.15, 0.2) is 35.4 Å². The molecule has 0 aliphatic carbocycles. The molecule has 130 valence electrons. The molecular formula is C18H18N2O4S. The Bertz CT molecular complexity index is 1010. The third-order valence-corrected chi connectivity index (χ3v) is 5.41. The maximum absolute atomic E-state index is 13.0. The number of aliphatic carboxylic acids is 1. The summed E-state index contributed by atoms with van der Waals surface area (Å²) < 4.78 is 6.46. The van der Waals surface area contributed by atoms with Crippen LogP contribution in [-0.2, 0) is 11.2 Å². The maximum Gasteiger partial charge on any atom is 0.326 e. The number of carboxylic acid groups (broad SMARTS) is 1. The first-order valence-electron chi connectivity index (χ1n) is 7.87. The van der Waals surface area contributed by atoms with Crippen LogP contribution in [-0.4, -0.2) is 27.7 Å². The predicted molar refractivity (Wildman–Crippen MR) is 97.6 cm³/mol. The van der Waals surface area contributed by atoms with Crippen molar-refractivity contribution in [2.24, 2.45) is 0 Å². The third-order valence-electron chi connectivity index (χ3n) is 4.16. The molecule has 1 aromatic carbocycles. The van der Waals surface area contributed by atoms with Crippen molar-refractivity contribution in [3.63, 3.8) is 0 Å². The minimum atomic E-state index is -1.07. The summed E-state index contributed by atoms with van der Waals surface area (Å²) in [6.07, 6.45) is 2.07. The molecule has 1 N–H and O–H groups in total. The molecule has 25 heavy (non-hydrogen) atoms. The van der Waals surface area contributed by atoms with Gasteiger partial charge < -0.3 is 9.84 Å². The van der Waals surface area contributed by atoms with Gasteiger partial charge in [-0.25, -0.2) is 9.78 Å². The number of hydrogen-bond acceptors (Lipinski definition) is 5. The van der Waals surface area contributed by atoms with Crippen molar-refractivity contribution < 1.29 is 14.6 Å². The standard InChI is InChI=1S/C18H18N2O4S/c1-4-13-14(11-6-5-7-12(8-11)24-3)15-16(25-13)19-9-20(17(15)21)10(2)18(22)23/h5-10H,4H2,1-3H3,(H,22,23). The van der Waals surface area contributed by atoms with E-state index in [9.17, 15) is 14.7 Å². The van der Waals surface area contributed by atoms with Crippen molar-refractivity contribution in [1.82, 2.24) is 9.55 Å². The van der Waals surface area contributed by atoms with E-state index in [-0.39, 0.29) is 5.56 Å². The van der Waals surface area contributed by atoms with Crippen LogP contribution in [0.1, 0.15) is 24.8 Å². The SMILES string of the molecule is CCc1sc2ncn(C(C)C(=O)O)c(=O)c2c1-c1cccc(OC)c1. The number of thiophene rings is 1. The lowest BCUT2D eigenvalue weighted by molar-refractivity contribution is -0.140. The highest BCUT2D eigenvalue weighted by molar-refractivity contribution is 7.19. The molecule has 7 heteroatoms. The average Bonchev–Trinajstić information content (AvgIpc) is 3.01. The Hall–Kier alpha value is -2.67. The summed E-state index contributed by atoms with van der Waals surface area (Å²) in [5.41, 5.74) is 1.33. The van der Waals surface area contributed by atoms with Gasteiger partial charge in [-0.2, -0.15) is 0 Å². The van der Waals surface area contributed by atoms with Crippen LogP contribution in [0.3, 0.4) is 0 Å². The van der Waals surface area contributed by atoms with E-state index < -0.39 is 12.0 Å². The molecule has 0 saturated carbocycles. The fraction of sp³-hybridized carbons (Fsp3) is 0.278. The smallest absolute Gasteiger partial charge is 0.326 e. The number of ether oxygens (including phenoxy) is 1. The Morgan fingerprint density at radius 1 is 1.44 bits per heavy atom. The molecule has 0 fully saturated rings. The fourth-order valence-corrected chi connectivity index (χ4v) is 3.87. The summed E-state index contributed by atoms with van der Waals surface area (Å²) in [6, 6.07) is 6.52. The second kappa shape index (κ2) is 6.68. The summed E-state index contributed by atoms with van der Waals surface area (Å²) in [7, 11) is 1.59. The lowest BCUT2D eigenvalue weighted by Gasteiger charge is -2.10. The first kappa shape index (κ1) is 17.2. The number of aromatic nitrogens is 2. The van der Waals surface area contributed by atoms with E-state index in [4.69, 9.17) is 4.74 Å². The molecule has 6 nitrogen and oxygen atoms in total. The van der Waals surface area contributed by atoms with Crippen molar-refractivity contribution in [2.45, 2.75) is 26.3 Å². The molecule has 1 unspecified atom stereocenters. The number of carbonyl (C=O) groups is 1. The minimum Gasteiger partial charge on any atom is -0.497 e. The largest absolute Gasteiger partial charge is 0.497 e. The Kier molecular flexibility index (Phi) is 4.59. The number of carboxylic acids is 1. The van der Waals surface area contributed by atoms with Crippen LogP contribution in [0.4, 0.5) is 0 Å². The second-order valence-electron chi connectivity index (χ2n) is 5.64. The highest BCUT2D eigenvalue weighted by Gasteiger charge is 2.22. The van der Waals surface area contributed by atoms with Crippen LogP contribution in [0.5, 0.6) is 5.75 Å². The molecular weight excluding hydrogens is 340 g/mol. The number of aryl methyl sites for hydroxylation is 1. The molecule has 0 aliphatic rings. The van der Waals surface area contributed by atoms with Crippen molar-refractivity contribution in [3.8, 4) is 16.9 Å². The topological polar surface area (TPSA) is 81.4 Å². The predicted octanol–water partition coefficient (Wildman–Crippen LogP) is 3.34. The van der Waals surface area contributed by atoms with Gasteiger partial charge in [-0.1, -0.05) is 19.1 Å². The highest BCUT2D eigenvalue weighted by atomic mass is 32.1. The maximum atomic E-state index is 13.0. The molecule has 3 aromatic rings. The van der Waals surface area contributed by atoms with E-state index >= 15 is 0 Å². The van der Waals surface area contributed by atoms with Crippen molar-refractivity contribution >= 4 is 27.5 Å². The lowest BCUT2D eigenvalue weighted by Crippen LogP contribution is -2.28. The molecule has 1 atom stereocenters. The molecule has 0 bridgehead atoms. The summed E-state index contributed by atoms with van der Waals surface area (Å²) in [5.74, 6) is -0.376. The molecule has 0 radical (unpaired) electrons. The Labute approximate surface area is 148 Å². The van der Waals surface area contributed by atoms with Gasteiger partial charge in [0, 0.05) is 10.4 Å². The number of fused-ring (bicyclic) bond motifs is 1. The quantitative estimate of drug-likeness (QED) is 0.756. The van der Waals surface area contributed by atoms with E-state index in [1.54, 1.807) is 7.11 Å². The zero-order valence-electron chi connectivity index (χ0n) is 14.1. The first-order chi connectivity index (χ1) is 12.0. The second-order valence-corrected chi connectivity index (χ2v) is 6.72. The van der Waals surface area contributed by atoms with Crippen molar-refractivity contribution in [2.75, 3.05) is 7.11 Å². The van der Waals surface area contributed by atoms with E-state index in [0.717, 1.165) is 22.4 Å². The number of nitrogens with zero attached hydrogens (tertiary/aromatic N) is 2. The molecule has 0 spiro atoms. The molecule has 0 aliphatic heterocycles. The van der Waals surface area contributed by atoms with E-state index in [0.29, 0.717) is 16.0 Å². The highest BCUT2D eigenvalue weighted by Crippen LogP contribution is 2.37. The average molecular weight is 358 g/mol. The van der Waals surface area contributed by atoms with Gasteiger partial charge in [0.25, 0.3) is 5.56 Å². The van der Waals surface area contributed by atoms with Gasteiger partial charge in [-0.3, -0.25) is 9.36 Å². The normalized spacial score (nSPS) is 12.3. The Morgan fingerprint density at radius 3 is 2.84 bits per heavy atom. The van der Waals surface area contributed by atoms with Crippen LogP contribution in [0, 0.1) is 0 Å². The Morgan fingerprint density at radius 2 is 2.20 bits per heavy atom. The van der Waals surface area contributed by atoms with E-state index in [1.165, 1.54) is 29.2 Å². The molecule has 0 amide bonds. The summed E-state index contributed by atoms with van der Waals surface area (Å²) in [6.45, 7) is 3.49. The van der Waals surface area contributed by atoms with Gasteiger partial charge in [-0.05, 0) is 31.0 Å². The molecule has 0 saturated heterocycles. The zero-order chi connectivity index (χ0) is 18.1. The molecule has 3 rings (SSSR count). The van der Waals surface area contributed by atoms with Gasteiger partial charge in [0.15, 0.2) is 0 Å². The third kappa shape index (κ3) is 2.91. The number of rotatable bonds is 5. The van der Waals surface area contributed by atoms with E-state index in [2.05, 4.69) is 4.98 Å². The van der Waals surface area contributed by atoms with Gasteiger partial charge in [0.1, 0.15) is 16.6 Å². The van der Waals surface area contributed by atoms with Gasteiger partial charge >= 0.3 is 5.97 Å². The van der Waals surface area contributed by atoms with Gasteiger partial charge in [0.05, 0.1) is 18.8 Å². The van der Waals surface area contributed by atoms with Crippen LogP contribution >= 0.6 is 11.3 Å². The number of benzene rings is 1. The monoisotopic (exact) mass is 358 g/mol. The fourth-order valence-electron chi connectivity index (χ4n) is 2.78. The summed E-state index contributed by atoms with van der Waals surface area (Å²) in [4.78, 5) is 30.3. The van der Waals surface area contributed by atoms with Crippen LogP contribution in [0.25, 0.3) is 21.3 Å². The zero-order valence-corrected chi connectivity index (χ0v) is 15.0. The lowest BCUT2D eigenvalue weighted by atomic mass is 10.0. The van der Waals surface area contributed by atoms with Crippen LogP contribution < -0.4 is 10.3 Å². The first-order valence-corrected chi connectivity index (χ1v) is 8.69.